The van der Waals surface area contributed by atoms with E-state index in [0.29, 0.717) is 11.8 Å². The smallest absolute Gasteiger partial charge is 0.0920 e. The molecule has 8 aromatic rings. The predicted octanol–water partition coefficient (Wildman–Crippen LogP) is 14.4. The van der Waals surface area contributed by atoms with Crippen molar-refractivity contribution in [2.24, 2.45) is 0 Å². The van der Waals surface area contributed by atoms with Crippen molar-refractivity contribution in [3.8, 4) is 33.4 Å². The zero-order chi connectivity index (χ0) is 40.5. The molecule has 58 heavy (non-hydrogen) atoms. The van der Waals surface area contributed by atoms with E-state index in [-0.39, 0.29) is 36.7 Å². The molecule has 0 atom stereocenters. The van der Waals surface area contributed by atoms with Crippen LogP contribution in [0.25, 0.3) is 54.9 Å². The zero-order valence-corrected chi connectivity index (χ0v) is 40.7. The molecule has 0 spiro atoms. The molecule has 0 N–H and O–H groups in total. The van der Waals surface area contributed by atoms with E-state index in [1.165, 1.54) is 87.6 Å². The number of benzene rings is 6. The molecule has 8 aromatic carbocycles. The molecule has 0 unspecified atom stereocenters. The first-order chi connectivity index (χ1) is 27.2. The van der Waals surface area contributed by atoms with Crippen molar-refractivity contribution in [1.29, 1.82) is 0 Å². The molecule has 292 valence electrons. The van der Waals surface area contributed by atoms with Crippen LogP contribution in [0, 0.1) is 6.07 Å². The van der Waals surface area contributed by atoms with Gasteiger partial charge in [0.1, 0.15) is 0 Å². The first-order valence-electron chi connectivity index (χ1n) is 20.7. The molecule has 1 aliphatic heterocycles. The van der Waals surface area contributed by atoms with E-state index in [4.69, 9.17) is 0 Å². The fourth-order valence-corrected chi connectivity index (χ4v) is 9.33. The van der Waals surface area contributed by atoms with Gasteiger partial charge in [-0.15, -0.1) is 74.6 Å². The van der Waals surface area contributed by atoms with Crippen LogP contribution in [0.3, 0.4) is 0 Å². The Morgan fingerprint density at radius 1 is 0.466 bits per heavy atom. The number of fused-ring (bicyclic) bond motifs is 5. The van der Waals surface area contributed by atoms with Crippen LogP contribution >= 0.6 is 0 Å². The standard InChI is InChI=1S/2C22H25.C12H7Si.Hf/c2*1-15(2)18-10-6-7-11-19(18)20-12-8-9-16-13-17(14-21(16)20)22(3,4)5;1-3-7-11-9(5-1)10-6-2-4-8-12(10)13-11;/h2*6-15H,1-5H3;1-7H;/q3*-1;. The van der Waals surface area contributed by atoms with Gasteiger partial charge in [0.15, 0.2) is 0 Å². The predicted molar refractivity (Wildman–Crippen MR) is 251 cm³/mol. The minimum absolute atomic E-state index is 0. The molecule has 1 aliphatic rings. The Kier molecular flexibility index (Phi) is 13.3. The van der Waals surface area contributed by atoms with Gasteiger partial charge in [-0.25, -0.2) is 0 Å². The Hall–Kier alpha value is -4.37. The first-order valence-corrected chi connectivity index (χ1v) is 21.7. The summed E-state index contributed by atoms with van der Waals surface area (Å²) in [4.78, 5) is 0. The van der Waals surface area contributed by atoms with E-state index in [0.717, 1.165) is 9.52 Å². The monoisotopic (exact) mass is 937 g/mol. The largest absolute Gasteiger partial charge is 0.184 e. The summed E-state index contributed by atoms with van der Waals surface area (Å²) in [5.41, 5.74) is 14.3. The van der Waals surface area contributed by atoms with Crippen molar-refractivity contribution >= 4 is 41.4 Å². The van der Waals surface area contributed by atoms with Crippen LogP contribution < -0.4 is 10.4 Å². The Bertz CT molecular complexity index is 2450. The van der Waals surface area contributed by atoms with E-state index < -0.39 is 0 Å². The molecule has 0 saturated carbocycles. The van der Waals surface area contributed by atoms with Crippen LogP contribution in [0.15, 0.2) is 152 Å². The van der Waals surface area contributed by atoms with Crippen LogP contribution in [-0.2, 0) is 36.7 Å². The van der Waals surface area contributed by atoms with Crippen LogP contribution in [0.1, 0.15) is 103 Å². The van der Waals surface area contributed by atoms with Gasteiger partial charge in [0.05, 0.1) is 9.52 Å². The second-order valence-corrected chi connectivity index (χ2v) is 19.5. The summed E-state index contributed by atoms with van der Waals surface area (Å²) in [7, 11) is 0.795. The summed E-state index contributed by atoms with van der Waals surface area (Å²) in [6.45, 7) is 22.8. The minimum Gasteiger partial charge on any atom is -0.184 e. The maximum Gasteiger partial charge on any atom is 0.0920 e. The quantitative estimate of drug-likeness (QED) is 0.122. The van der Waals surface area contributed by atoms with Crippen molar-refractivity contribution in [3.63, 3.8) is 0 Å². The van der Waals surface area contributed by atoms with Gasteiger partial charge in [0.2, 0.25) is 0 Å². The molecule has 2 radical (unpaired) electrons. The fourth-order valence-electron chi connectivity index (χ4n) is 8.02. The number of rotatable bonds is 4. The van der Waals surface area contributed by atoms with Crippen molar-refractivity contribution < 1.29 is 25.8 Å². The van der Waals surface area contributed by atoms with Crippen LogP contribution in [-0.4, -0.2) is 9.52 Å². The Morgan fingerprint density at radius 2 is 0.879 bits per heavy atom. The SMILES string of the molecule is CC(C)c1ccccc1-c1cccc2[cH-]c(C(C)(C)C)cc12.CC(C)c1ccccc1-c1cccc2[cH-]c(C(C)(C)C)cc12.[Hf].[c-]1cccc2c1[Si]c1ccccc1-2. The number of hydrogen-bond donors (Lipinski definition) is 0. The second kappa shape index (κ2) is 17.9. The molecule has 0 aromatic heterocycles. The molecule has 0 nitrogen and oxygen atoms in total. The van der Waals surface area contributed by atoms with Gasteiger partial charge in [0, 0.05) is 25.8 Å². The van der Waals surface area contributed by atoms with Gasteiger partial charge in [-0.1, -0.05) is 176 Å². The van der Waals surface area contributed by atoms with Crippen molar-refractivity contribution in [2.45, 2.75) is 91.9 Å². The van der Waals surface area contributed by atoms with Gasteiger partial charge in [0.25, 0.3) is 0 Å². The third kappa shape index (κ3) is 9.25. The maximum atomic E-state index is 3.31. The first kappa shape index (κ1) is 43.2. The average molecular weight is 937 g/mol. The molecule has 0 fully saturated rings. The van der Waals surface area contributed by atoms with Gasteiger partial charge in [-0.05, 0) is 44.9 Å². The van der Waals surface area contributed by atoms with Gasteiger partial charge in [-0.3, -0.25) is 0 Å². The molecule has 0 aliphatic carbocycles. The topological polar surface area (TPSA) is 0 Å². The molecular formula is C56H57HfSi-3. The molecular weight excluding hydrogens is 879 g/mol. The van der Waals surface area contributed by atoms with Crippen molar-refractivity contribution in [1.82, 2.24) is 0 Å². The van der Waals surface area contributed by atoms with Crippen LogP contribution in [0.2, 0.25) is 0 Å². The van der Waals surface area contributed by atoms with E-state index in [2.05, 4.69) is 221 Å². The second-order valence-electron chi connectivity index (χ2n) is 18.2. The van der Waals surface area contributed by atoms with E-state index in [1.54, 1.807) is 0 Å². The summed E-state index contributed by atoms with van der Waals surface area (Å²) in [6, 6.07) is 58.6. The van der Waals surface area contributed by atoms with Crippen LogP contribution in [0.5, 0.6) is 0 Å². The van der Waals surface area contributed by atoms with Gasteiger partial charge in [-0.2, -0.15) is 41.6 Å². The van der Waals surface area contributed by atoms with Crippen LogP contribution in [0.4, 0.5) is 0 Å². The zero-order valence-electron chi connectivity index (χ0n) is 36.1. The summed E-state index contributed by atoms with van der Waals surface area (Å²) >= 11 is 0. The fraction of sp³-hybridized carbons (Fsp3) is 0.250. The minimum atomic E-state index is 0. The maximum absolute atomic E-state index is 3.31. The summed E-state index contributed by atoms with van der Waals surface area (Å²) in [6.07, 6.45) is 0. The van der Waals surface area contributed by atoms with Crippen molar-refractivity contribution in [3.05, 3.63) is 180 Å². The Balaban J connectivity index is 0.000000150. The normalized spacial score (nSPS) is 12.1. The molecule has 1 heterocycles. The van der Waals surface area contributed by atoms with E-state index in [1.807, 2.05) is 6.07 Å². The third-order valence-corrected chi connectivity index (χ3v) is 12.7. The summed E-state index contributed by atoms with van der Waals surface area (Å²) in [5, 5.41) is 8.27. The molecule has 9 rings (SSSR count). The third-order valence-electron chi connectivity index (χ3n) is 11.3. The van der Waals surface area contributed by atoms with E-state index in [9.17, 15) is 0 Å². The molecule has 0 saturated heterocycles. The van der Waals surface area contributed by atoms with Gasteiger partial charge < -0.3 is 0 Å². The van der Waals surface area contributed by atoms with E-state index >= 15 is 0 Å². The molecule has 0 bridgehead atoms. The van der Waals surface area contributed by atoms with Gasteiger partial charge >= 0.3 is 0 Å². The Morgan fingerprint density at radius 3 is 1.34 bits per heavy atom. The average Bonchev–Trinajstić information content (AvgIpc) is 3.94. The summed E-state index contributed by atoms with van der Waals surface area (Å²) < 4.78 is 0. The summed E-state index contributed by atoms with van der Waals surface area (Å²) in [5.74, 6) is 1.06. The Labute approximate surface area is 370 Å². The number of hydrogen-bond acceptors (Lipinski definition) is 0. The molecule has 2 heteroatoms. The molecule has 0 amide bonds. The van der Waals surface area contributed by atoms with Crippen molar-refractivity contribution in [2.75, 3.05) is 0 Å².